The van der Waals surface area contributed by atoms with Crippen molar-refractivity contribution in [2.24, 2.45) is 11.3 Å². The van der Waals surface area contributed by atoms with Crippen LogP contribution in [0.15, 0.2) is 10.6 Å². The van der Waals surface area contributed by atoms with Crippen molar-refractivity contribution in [3.8, 4) is 0 Å². The van der Waals surface area contributed by atoms with Crippen molar-refractivity contribution in [2.75, 3.05) is 20.3 Å². The summed E-state index contributed by atoms with van der Waals surface area (Å²) in [5, 5.41) is 11.8. The third kappa shape index (κ3) is 7.86. The molecule has 0 aromatic carbocycles. The molecule has 1 fully saturated rings. The van der Waals surface area contributed by atoms with Gasteiger partial charge in [-0.05, 0) is 31.6 Å². The van der Waals surface area contributed by atoms with Gasteiger partial charge >= 0.3 is 0 Å². The fourth-order valence-electron chi connectivity index (χ4n) is 3.55. The highest BCUT2D eigenvalue weighted by Gasteiger charge is 2.50. The van der Waals surface area contributed by atoms with Crippen molar-refractivity contribution < 1.29 is 33.2 Å². The highest BCUT2D eigenvalue weighted by atomic mass is 16.6. The van der Waals surface area contributed by atoms with E-state index in [-0.39, 0.29) is 24.0 Å². The lowest BCUT2D eigenvalue weighted by Gasteiger charge is -2.33. The number of hydrogen-bond donors (Lipinski definition) is 3. The molecule has 196 valence electrons. The number of amides is 3. The van der Waals surface area contributed by atoms with Crippen LogP contribution in [-0.2, 0) is 23.9 Å². The van der Waals surface area contributed by atoms with E-state index >= 15 is 0 Å². The van der Waals surface area contributed by atoms with Gasteiger partial charge in [-0.25, -0.2) is 0 Å². The molecule has 4 atom stereocenters. The van der Waals surface area contributed by atoms with Gasteiger partial charge in [-0.15, -0.1) is 0 Å². The van der Waals surface area contributed by atoms with Crippen LogP contribution in [0.4, 0.5) is 0 Å². The molecule has 0 spiro atoms. The van der Waals surface area contributed by atoms with Crippen molar-refractivity contribution >= 4 is 23.5 Å². The first kappa shape index (κ1) is 28.4. The molecular weight excluding hydrogens is 456 g/mol. The van der Waals surface area contributed by atoms with Gasteiger partial charge in [0, 0.05) is 13.2 Å². The maximum Gasteiger partial charge on any atom is 0.274 e. The molecule has 1 aliphatic rings. The molecule has 1 aromatic heterocycles. The lowest BCUT2D eigenvalue weighted by atomic mass is 9.85. The minimum Gasteiger partial charge on any atom is -0.382 e. The summed E-state index contributed by atoms with van der Waals surface area (Å²) in [5.41, 5.74) is -1.57. The molecule has 35 heavy (non-hydrogen) atoms. The first-order chi connectivity index (χ1) is 16.2. The summed E-state index contributed by atoms with van der Waals surface area (Å²) in [7, 11) is 1.39. The zero-order valence-corrected chi connectivity index (χ0v) is 21.8. The Hall–Kier alpha value is -2.79. The summed E-state index contributed by atoms with van der Waals surface area (Å²) in [6.45, 7) is 12.8. The number of carbonyl (C=O) groups is 4. The van der Waals surface area contributed by atoms with Crippen LogP contribution in [0.2, 0.25) is 0 Å². The number of Topliss-reactive ketones (excluding diaryl/α,β-unsaturated/α-hetero) is 1. The number of epoxide rings is 1. The van der Waals surface area contributed by atoms with Gasteiger partial charge in [0.15, 0.2) is 11.5 Å². The van der Waals surface area contributed by atoms with Crippen molar-refractivity contribution in [2.45, 2.75) is 78.6 Å². The van der Waals surface area contributed by atoms with E-state index < -0.39 is 46.9 Å². The van der Waals surface area contributed by atoms with Gasteiger partial charge in [0.1, 0.15) is 23.4 Å². The smallest absolute Gasteiger partial charge is 0.274 e. The first-order valence-electron chi connectivity index (χ1n) is 11.7. The van der Waals surface area contributed by atoms with Crippen molar-refractivity contribution in [1.29, 1.82) is 0 Å². The first-order valence-corrected chi connectivity index (χ1v) is 11.7. The predicted octanol–water partition coefficient (Wildman–Crippen LogP) is 1.15. The number of ketones is 1. The van der Waals surface area contributed by atoms with Gasteiger partial charge in [0.25, 0.3) is 5.91 Å². The van der Waals surface area contributed by atoms with E-state index in [4.69, 9.17) is 14.0 Å². The molecule has 2 rings (SSSR count). The predicted molar refractivity (Wildman–Crippen MR) is 127 cm³/mol. The van der Waals surface area contributed by atoms with E-state index in [0.29, 0.717) is 18.8 Å². The average molecular weight is 495 g/mol. The number of nitrogens with one attached hydrogen (secondary N) is 3. The van der Waals surface area contributed by atoms with Crippen LogP contribution in [0.25, 0.3) is 0 Å². The van der Waals surface area contributed by atoms with Gasteiger partial charge in [0.05, 0.1) is 19.3 Å². The molecule has 3 amide bonds. The van der Waals surface area contributed by atoms with E-state index in [9.17, 15) is 19.2 Å². The van der Waals surface area contributed by atoms with E-state index in [0.717, 1.165) is 0 Å². The minimum absolute atomic E-state index is 0.0207. The van der Waals surface area contributed by atoms with Crippen LogP contribution in [0, 0.1) is 18.3 Å². The molecule has 1 saturated heterocycles. The number of methoxy groups -OCH3 is 1. The molecule has 1 aromatic rings. The lowest BCUT2D eigenvalue weighted by Crippen LogP contribution is -2.61. The number of rotatable bonds is 12. The minimum atomic E-state index is -1.09. The number of ether oxygens (including phenoxy) is 2. The lowest BCUT2D eigenvalue weighted by molar-refractivity contribution is -0.136. The number of aromatic nitrogens is 1. The molecule has 0 saturated carbocycles. The SMILES string of the molecule is COCC(NC(=O)c1cc(C)on1)C(=O)NC(C(=O)NC(CC(C)C)C(=O)C1(C)CO1)C(C)(C)C. The zero-order valence-electron chi connectivity index (χ0n) is 21.8. The number of carbonyl (C=O) groups excluding carboxylic acids is 4. The summed E-state index contributed by atoms with van der Waals surface area (Å²) in [5.74, 6) is -1.32. The maximum atomic E-state index is 13.3. The Labute approximate surface area is 206 Å². The van der Waals surface area contributed by atoms with Crippen LogP contribution in [0.1, 0.15) is 64.2 Å². The summed E-state index contributed by atoms with van der Waals surface area (Å²) >= 11 is 0. The van der Waals surface area contributed by atoms with Crippen LogP contribution in [-0.4, -0.2) is 72.7 Å². The maximum absolute atomic E-state index is 13.3. The molecule has 0 bridgehead atoms. The molecule has 2 heterocycles. The molecule has 3 N–H and O–H groups in total. The number of hydrogen-bond acceptors (Lipinski definition) is 8. The summed E-state index contributed by atoms with van der Waals surface area (Å²) in [4.78, 5) is 51.9. The summed E-state index contributed by atoms with van der Waals surface area (Å²) < 4.78 is 15.3. The second-order valence-electron chi connectivity index (χ2n) is 10.7. The van der Waals surface area contributed by atoms with Gasteiger partial charge in [-0.1, -0.05) is 39.8 Å². The van der Waals surface area contributed by atoms with Crippen LogP contribution in [0.3, 0.4) is 0 Å². The molecular formula is C24H38N4O7. The Morgan fingerprint density at radius 1 is 1.11 bits per heavy atom. The van der Waals surface area contributed by atoms with E-state index in [2.05, 4.69) is 21.1 Å². The Morgan fingerprint density at radius 3 is 2.20 bits per heavy atom. The fourth-order valence-corrected chi connectivity index (χ4v) is 3.55. The fraction of sp³-hybridized carbons (Fsp3) is 0.708. The average Bonchev–Trinajstić information content (AvgIpc) is 3.35. The zero-order chi connectivity index (χ0) is 26.6. The van der Waals surface area contributed by atoms with Gasteiger partial charge in [-0.3, -0.25) is 19.2 Å². The molecule has 11 nitrogen and oxygen atoms in total. The third-order valence-corrected chi connectivity index (χ3v) is 5.67. The Balaban J connectivity index is 2.16. The Bertz CT molecular complexity index is 931. The van der Waals surface area contributed by atoms with Gasteiger partial charge < -0.3 is 29.9 Å². The molecule has 0 radical (unpaired) electrons. The molecule has 4 unspecified atom stereocenters. The standard InChI is InChI=1S/C24H38N4O7/c1-13(2)9-15(19(29)24(7)12-34-24)25-22(32)18(23(4,5)6)27-21(31)17(11-33-8)26-20(30)16-10-14(3)35-28-16/h10,13,15,17-18H,9,11-12H2,1-8H3,(H,25,32)(H,26,30)(H,27,31). The van der Waals surface area contributed by atoms with Crippen LogP contribution >= 0.6 is 0 Å². The van der Waals surface area contributed by atoms with Gasteiger partial charge in [0.2, 0.25) is 11.8 Å². The highest BCUT2D eigenvalue weighted by Crippen LogP contribution is 2.30. The second-order valence-corrected chi connectivity index (χ2v) is 10.7. The summed E-state index contributed by atoms with van der Waals surface area (Å²) in [6, 6.07) is -1.38. The van der Waals surface area contributed by atoms with Gasteiger partial charge in [-0.2, -0.15) is 0 Å². The van der Waals surface area contributed by atoms with Crippen LogP contribution < -0.4 is 16.0 Å². The highest BCUT2D eigenvalue weighted by molar-refractivity contribution is 5.99. The van der Waals surface area contributed by atoms with Crippen molar-refractivity contribution in [3.05, 3.63) is 17.5 Å². The van der Waals surface area contributed by atoms with E-state index in [1.165, 1.54) is 13.2 Å². The topological polar surface area (TPSA) is 152 Å². The molecule has 0 aliphatic carbocycles. The third-order valence-electron chi connectivity index (χ3n) is 5.67. The van der Waals surface area contributed by atoms with E-state index in [1.807, 2.05) is 13.8 Å². The van der Waals surface area contributed by atoms with Crippen molar-refractivity contribution in [3.63, 3.8) is 0 Å². The molecule has 1 aliphatic heterocycles. The Morgan fingerprint density at radius 2 is 1.74 bits per heavy atom. The number of nitrogens with zero attached hydrogens (tertiary/aromatic N) is 1. The largest absolute Gasteiger partial charge is 0.382 e. The Kier molecular flexibility index (Phi) is 9.18. The number of aryl methyl sites for hydroxylation is 1. The monoisotopic (exact) mass is 494 g/mol. The van der Waals surface area contributed by atoms with Crippen molar-refractivity contribution in [1.82, 2.24) is 21.1 Å². The quantitative estimate of drug-likeness (QED) is 0.366. The normalized spacial score (nSPS) is 20.0. The molecule has 11 heteroatoms. The van der Waals surface area contributed by atoms with Crippen LogP contribution in [0.5, 0.6) is 0 Å². The van der Waals surface area contributed by atoms with E-state index in [1.54, 1.807) is 34.6 Å². The second kappa shape index (κ2) is 11.3. The summed E-state index contributed by atoms with van der Waals surface area (Å²) in [6.07, 6.45) is 0.438.